The maximum Gasteiger partial charge on any atom is 0.00364 e. The Morgan fingerprint density at radius 2 is 1.75 bits per heavy atom. The second-order valence-electron chi connectivity index (χ2n) is 7.16. The van der Waals surface area contributed by atoms with Gasteiger partial charge in [-0.15, -0.1) is 0 Å². The van der Waals surface area contributed by atoms with Gasteiger partial charge in [-0.25, -0.2) is 0 Å². The fourth-order valence-corrected chi connectivity index (χ4v) is 2.67. The third-order valence-corrected chi connectivity index (χ3v) is 4.42. The molecule has 0 saturated carbocycles. The highest BCUT2D eigenvalue weighted by molar-refractivity contribution is 5.37. The maximum atomic E-state index is 6.07. The summed E-state index contributed by atoms with van der Waals surface area (Å²) in [6.45, 7) is 13.6. The van der Waals surface area contributed by atoms with E-state index in [1.165, 1.54) is 23.1 Å². The summed E-state index contributed by atoms with van der Waals surface area (Å²) in [4.78, 5) is 0. The Hall–Kier alpha value is -0.820. The van der Waals surface area contributed by atoms with Gasteiger partial charge in [0.05, 0.1) is 0 Å². The molecule has 1 rings (SSSR count). The molecule has 0 aliphatic heterocycles. The molecule has 0 amide bonds. The van der Waals surface area contributed by atoms with Gasteiger partial charge in [0.25, 0.3) is 0 Å². The standard InChI is InChI=1S/C19H33N/c1-7-15-10-11-16(19(4,5)6)13-18(15)14(3)9-12-17(20)8-2/h10-11,13-14,17H,7-9,12,20H2,1-6H3. The first-order chi connectivity index (χ1) is 9.29. The van der Waals surface area contributed by atoms with Crippen LogP contribution in [0.25, 0.3) is 0 Å². The molecule has 0 fully saturated rings. The lowest BCUT2D eigenvalue weighted by atomic mass is 9.81. The summed E-state index contributed by atoms with van der Waals surface area (Å²) in [5, 5.41) is 0. The smallest absolute Gasteiger partial charge is 0.00364 e. The van der Waals surface area contributed by atoms with Crippen molar-refractivity contribution in [3.8, 4) is 0 Å². The normalized spacial score (nSPS) is 15.2. The lowest BCUT2D eigenvalue weighted by Gasteiger charge is -2.24. The van der Waals surface area contributed by atoms with E-state index in [9.17, 15) is 0 Å². The van der Waals surface area contributed by atoms with Crippen LogP contribution in [0.1, 0.15) is 83.4 Å². The highest BCUT2D eigenvalue weighted by Gasteiger charge is 2.18. The van der Waals surface area contributed by atoms with E-state index in [0.717, 1.165) is 19.3 Å². The molecule has 1 nitrogen and oxygen atoms in total. The number of benzene rings is 1. The lowest BCUT2D eigenvalue weighted by molar-refractivity contribution is 0.527. The molecule has 0 radical (unpaired) electrons. The third kappa shape index (κ3) is 4.63. The number of rotatable bonds is 6. The zero-order valence-electron chi connectivity index (χ0n) is 14.3. The number of aryl methyl sites for hydroxylation is 1. The summed E-state index contributed by atoms with van der Waals surface area (Å²) in [7, 11) is 0. The molecule has 0 heterocycles. The van der Waals surface area contributed by atoms with E-state index in [4.69, 9.17) is 5.73 Å². The van der Waals surface area contributed by atoms with Crippen LogP contribution in [0.5, 0.6) is 0 Å². The molecule has 0 saturated heterocycles. The highest BCUT2D eigenvalue weighted by Crippen LogP contribution is 2.31. The Balaban J connectivity index is 2.95. The molecule has 0 spiro atoms. The molecule has 2 N–H and O–H groups in total. The van der Waals surface area contributed by atoms with Crippen molar-refractivity contribution < 1.29 is 0 Å². The van der Waals surface area contributed by atoms with Crippen LogP contribution >= 0.6 is 0 Å². The summed E-state index contributed by atoms with van der Waals surface area (Å²) >= 11 is 0. The largest absolute Gasteiger partial charge is 0.328 e. The van der Waals surface area contributed by atoms with Gasteiger partial charge in [-0.1, -0.05) is 59.7 Å². The number of hydrogen-bond donors (Lipinski definition) is 1. The molecule has 1 aromatic rings. The van der Waals surface area contributed by atoms with Crippen molar-refractivity contribution >= 4 is 0 Å². The molecule has 0 bridgehead atoms. The van der Waals surface area contributed by atoms with Gasteiger partial charge in [-0.05, 0) is 53.7 Å². The average molecular weight is 275 g/mol. The Morgan fingerprint density at radius 1 is 1.10 bits per heavy atom. The van der Waals surface area contributed by atoms with Gasteiger partial charge in [0, 0.05) is 6.04 Å². The first kappa shape index (κ1) is 17.2. The van der Waals surface area contributed by atoms with Crippen LogP contribution in [0.3, 0.4) is 0 Å². The van der Waals surface area contributed by atoms with Crippen molar-refractivity contribution in [2.24, 2.45) is 5.73 Å². The molecule has 0 aliphatic rings. The molecule has 0 aliphatic carbocycles. The molecule has 0 aromatic heterocycles. The van der Waals surface area contributed by atoms with E-state index in [-0.39, 0.29) is 5.41 Å². The van der Waals surface area contributed by atoms with Gasteiger partial charge in [-0.3, -0.25) is 0 Å². The van der Waals surface area contributed by atoms with Gasteiger partial charge < -0.3 is 5.73 Å². The summed E-state index contributed by atoms with van der Waals surface area (Å²) in [5.41, 5.74) is 10.8. The summed E-state index contributed by atoms with van der Waals surface area (Å²) in [5.74, 6) is 0.602. The summed E-state index contributed by atoms with van der Waals surface area (Å²) < 4.78 is 0. The first-order valence-electron chi connectivity index (χ1n) is 8.18. The Kier molecular flexibility index (Phi) is 6.26. The van der Waals surface area contributed by atoms with Crippen molar-refractivity contribution in [2.75, 3.05) is 0 Å². The minimum absolute atomic E-state index is 0.223. The fraction of sp³-hybridized carbons (Fsp3) is 0.684. The van der Waals surface area contributed by atoms with Crippen molar-refractivity contribution in [1.82, 2.24) is 0 Å². The number of hydrogen-bond acceptors (Lipinski definition) is 1. The zero-order valence-corrected chi connectivity index (χ0v) is 14.3. The van der Waals surface area contributed by atoms with Crippen LogP contribution in [0.4, 0.5) is 0 Å². The van der Waals surface area contributed by atoms with Crippen LogP contribution in [0, 0.1) is 0 Å². The first-order valence-corrected chi connectivity index (χ1v) is 8.18. The third-order valence-electron chi connectivity index (χ3n) is 4.42. The van der Waals surface area contributed by atoms with Crippen molar-refractivity contribution in [2.45, 2.75) is 84.6 Å². The average Bonchev–Trinajstić information content (AvgIpc) is 2.42. The highest BCUT2D eigenvalue weighted by atomic mass is 14.6. The lowest BCUT2D eigenvalue weighted by Crippen LogP contribution is -2.19. The van der Waals surface area contributed by atoms with E-state index in [1.54, 1.807) is 0 Å². The Bertz CT molecular complexity index is 414. The fourth-order valence-electron chi connectivity index (χ4n) is 2.67. The van der Waals surface area contributed by atoms with E-state index >= 15 is 0 Å². The topological polar surface area (TPSA) is 26.0 Å². The Labute approximate surface area is 126 Å². The van der Waals surface area contributed by atoms with Crippen molar-refractivity contribution in [3.05, 3.63) is 34.9 Å². The molecular formula is C19H33N. The monoisotopic (exact) mass is 275 g/mol. The van der Waals surface area contributed by atoms with Crippen LogP contribution in [-0.2, 0) is 11.8 Å². The van der Waals surface area contributed by atoms with Gasteiger partial charge in [-0.2, -0.15) is 0 Å². The van der Waals surface area contributed by atoms with Gasteiger partial charge in [0.1, 0.15) is 0 Å². The van der Waals surface area contributed by atoms with Gasteiger partial charge in [0.15, 0.2) is 0 Å². The van der Waals surface area contributed by atoms with E-state index in [0.29, 0.717) is 12.0 Å². The second-order valence-corrected chi connectivity index (χ2v) is 7.16. The van der Waals surface area contributed by atoms with Crippen LogP contribution in [0.2, 0.25) is 0 Å². The van der Waals surface area contributed by atoms with Crippen LogP contribution < -0.4 is 5.73 Å². The maximum absolute atomic E-state index is 6.07. The van der Waals surface area contributed by atoms with Crippen molar-refractivity contribution in [3.63, 3.8) is 0 Å². The molecule has 2 unspecified atom stereocenters. The van der Waals surface area contributed by atoms with E-state index in [1.807, 2.05) is 0 Å². The quantitative estimate of drug-likeness (QED) is 0.761. The second kappa shape index (κ2) is 7.26. The molecule has 1 heteroatoms. The Morgan fingerprint density at radius 3 is 2.25 bits per heavy atom. The SMILES string of the molecule is CCc1ccc(C(C)(C)C)cc1C(C)CCC(N)CC. The van der Waals surface area contributed by atoms with Crippen LogP contribution in [0.15, 0.2) is 18.2 Å². The molecule has 20 heavy (non-hydrogen) atoms. The minimum Gasteiger partial charge on any atom is -0.328 e. The summed E-state index contributed by atoms with van der Waals surface area (Å²) in [6, 6.07) is 7.41. The number of nitrogens with two attached hydrogens (primary N) is 1. The van der Waals surface area contributed by atoms with Gasteiger partial charge in [0.2, 0.25) is 0 Å². The van der Waals surface area contributed by atoms with Crippen LogP contribution in [-0.4, -0.2) is 6.04 Å². The predicted octanol–water partition coefficient (Wildman–Crippen LogP) is 5.17. The molecular weight excluding hydrogens is 242 g/mol. The van der Waals surface area contributed by atoms with Gasteiger partial charge >= 0.3 is 0 Å². The molecule has 114 valence electrons. The zero-order chi connectivity index (χ0) is 15.3. The van der Waals surface area contributed by atoms with E-state index in [2.05, 4.69) is 59.7 Å². The van der Waals surface area contributed by atoms with Crippen molar-refractivity contribution in [1.29, 1.82) is 0 Å². The molecule has 1 aromatic carbocycles. The van der Waals surface area contributed by atoms with E-state index < -0.39 is 0 Å². The predicted molar refractivity (Wildman–Crippen MR) is 90.4 cm³/mol. The molecule has 2 atom stereocenters. The summed E-state index contributed by atoms with van der Waals surface area (Å²) in [6.07, 6.45) is 4.51. The minimum atomic E-state index is 0.223.